The number of nitrogens with zero attached hydrogens (tertiary/aromatic N) is 2. The van der Waals surface area contributed by atoms with Gasteiger partial charge in [0.05, 0.1) is 25.3 Å². The van der Waals surface area contributed by atoms with Gasteiger partial charge in [-0.15, -0.1) is 0 Å². The van der Waals surface area contributed by atoms with Crippen LogP contribution in [-0.4, -0.2) is 24.7 Å². The fourth-order valence-electron chi connectivity index (χ4n) is 2.97. The number of carbonyl (C=O) groups is 1. The molecule has 1 heterocycles. The van der Waals surface area contributed by atoms with Crippen LogP contribution in [0.3, 0.4) is 0 Å². The summed E-state index contributed by atoms with van der Waals surface area (Å²) in [7, 11) is 5.16. The quantitative estimate of drug-likeness (QED) is 0.706. The SMILES string of the molecule is COc1ccc(C)cc1CC(=O)N=c1sc2c(C)ccc(OC)c2n1C. The number of aryl methyl sites for hydroxylation is 3. The zero-order chi connectivity index (χ0) is 18.8. The molecule has 3 rings (SSSR count). The molecule has 5 nitrogen and oxygen atoms in total. The van der Waals surface area contributed by atoms with E-state index in [0.717, 1.165) is 32.7 Å². The van der Waals surface area contributed by atoms with Crippen molar-refractivity contribution in [1.29, 1.82) is 0 Å². The molecule has 0 N–H and O–H groups in total. The molecule has 0 atom stereocenters. The molecule has 0 unspecified atom stereocenters. The first kappa shape index (κ1) is 18.2. The zero-order valence-corrected chi connectivity index (χ0v) is 16.4. The maximum absolute atomic E-state index is 12.6. The van der Waals surface area contributed by atoms with E-state index in [4.69, 9.17) is 9.47 Å². The Morgan fingerprint density at radius 1 is 1.12 bits per heavy atom. The van der Waals surface area contributed by atoms with Crippen molar-refractivity contribution in [2.75, 3.05) is 14.2 Å². The van der Waals surface area contributed by atoms with E-state index < -0.39 is 0 Å². The summed E-state index contributed by atoms with van der Waals surface area (Å²) in [5.41, 5.74) is 4.02. The molecule has 1 amide bonds. The number of hydrogen-bond acceptors (Lipinski definition) is 4. The highest BCUT2D eigenvalue weighted by Crippen LogP contribution is 2.29. The molecule has 0 saturated carbocycles. The Kier molecular flexibility index (Phi) is 5.13. The third kappa shape index (κ3) is 3.37. The van der Waals surface area contributed by atoms with E-state index in [9.17, 15) is 4.79 Å². The first-order valence-corrected chi connectivity index (χ1v) is 9.10. The lowest BCUT2D eigenvalue weighted by molar-refractivity contribution is -0.117. The van der Waals surface area contributed by atoms with Gasteiger partial charge < -0.3 is 14.0 Å². The second-order valence-electron chi connectivity index (χ2n) is 6.20. The number of fused-ring (bicyclic) bond motifs is 1. The van der Waals surface area contributed by atoms with Crippen molar-refractivity contribution in [3.8, 4) is 11.5 Å². The average Bonchev–Trinajstić information content (AvgIpc) is 2.93. The predicted octanol–water partition coefficient (Wildman–Crippen LogP) is 3.54. The van der Waals surface area contributed by atoms with Crippen LogP contribution >= 0.6 is 11.3 Å². The molecular formula is C20H22N2O3S. The molecule has 2 aromatic carbocycles. The lowest BCUT2D eigenvalue weighted by Gasteiger charge is -2.07. The largest absolute Gasteiger partial charge is 0.496 e. The summed E-state index contributed by atoms with van der Waals surface area (Å²) in [6, 6.07) is 9.76. The Balaban J connectivity index is 2.03. The van der Waals surface area contributed by atoms with Crippen molar-refractivity contribution in [3.05, 3.63) is 51.8 Å². The lowest BCUT2D eigenvalue weighted by atomic mass is 10.1. The summed E-state index contributed by atoms with van der Waals surface area (Å²) in [5, 5.41) is 0. The van der Waals surface area contributed by atoms with E-state index in [1.807, 2.05) is 55.8 Å². The molecule has 0 aliphatic rings. The number of amides is 1. The summed E-state index contributed by atoms with van der Waals surface area (Å²) in [6.45, 7) is 4.03. The number of rotatable bonds is 4. The summed E-state index contributed by atoms with van der Waals surface area (Å²) in [5.74, 6) is 1.28. The number of aromatic nitrogens is 1. The Bertz CT molecular complexity index is 1050. The highest BCUT2D eigenvalue weighted by Gasteiger charge is 2.13. The molecule has 0 saturated heterocycles. The Hall–Kier alpha value is -2.60. The first-order valence-electron chi connectivity index (χ1n) is 8.28. The van der Waals surface area contributed by atoms with Gasteiger partial charge in [-0.2, -0.15) is 4.99 Å². The van der Waals surface area contributed by atoms with Gasteiger partial charge >= 0.3 is 0 Å². The topological polar surface area (TPSA) is 52.8 Å². The molecule has 6 heteroatoms. The van der Waals surface area contributed by atoms with E-state index in [1.54, 1.807) is 14.2 Å². The van der Waals surface area contributed by atoms with Crippen LogP contribution in [0.25, 0.3) is 10.2 Å². The highest BCUT2D eigenvalue weighted by molar-refractivity contribution is 7.16. The highest BCUT2D eigenvalue weighted by atomic mass is 32.1. The molecule has 0 radical (unpaired) electrons. The zero-order valence-electron chi connectivity index (χ0n) is 15.6. The molecule has 0 bridgehead atoms. The van der Waals surface area contributed by atoms with Crippen LogP contribution in [-0.2, 0) is 18.3 Å². The molecule has 26 heavy (non-hydrogen) atoms. The fraction of sp³-hybridized carbons (Fsp3) is 0.300. The van der Waals surface area contributed by atoms with Crippen LogP contribution in [0.15, 0.2) is 35.3 Å². The second kappa shape index (κ2) is 7.33. The van der Waals surface area contributed by atoms with Crippen LogP contribution < -0.4 is 14.3 Å². The monoisotopic (exact) mass is 370 g/mol. The van der Waals surface area contributed by atoms with E-state index in [1.165, 1.54) is 11.3 Å². The molecule has 0 fully saturated rings. The summed E-state index contributed by atoms with van der Waals surface area (Å²) >= 11 is 1.50. The minimum Gasteiger partial charge on any atom is -0.496 e. The van der Waals surface area contributed by atoms with Gasteiger partial charge in [0.15, 0.2) is 4.80 Å². The molecule has 0 aliphatic carbocycles. The number of thiazole rings is 1. The van der Waals surface area contributed by atoms with E-state index in [2.05, 4.69) is 4.99 Å². The Labute approximate surface area is 156 Å². The van der Waals surface area contributed by atoms with Gasteiger partial charge in [-0.05, 0) is 31.5 Å². The van der Waals surface area contributed by atoms with Crippen molar-refractivity contribution in [2.24, 2.45) is 12.0 Å². The van der Waals surface area contributed by atoms with Crippen LogP contribution in [0.2, 0.25) is 0 Å². The molecule has 0 aliphatic heterocycles. The van der Waals surface area contributed by atoms with Gasteiger partial charge in [0.2, 0.25) is 0 Å². The number of methoxy groups -OCH3 is 2. The average molecular weight is 370 g/mol. The summed E-state index contributed by atoms with van der Waals surface area (Å²) in [4.78, 5) is 17.6. The van der Waals surface area contributed by atoms with E-state index in [-0.39, 0.29) is 12.3 Å². The van der Waals surface area contributed by atoms with Crippen LogP contribution in [0.4, 0.5) is 0 Å². The molecular weight excluding hydrogens is 348 g/mol. The minimum absolute atomic E-state index is 0.201. The number of ether oxygens (including phenoxy) is 2. The summed E-state index contributed by atoms with van der Waals surface area (Å²) in [6.07, 6.45) is 0.204. The predicted molar refractivity (Wildman–Crippen MR) is 104 cm³/mol. The molecule has 136 valence electrons. The third-order valence-electron chi connectivity index (χ3n) is 4.32. The van der Waals surface area contributed by atoms with Gasteiger partial charge in [-0.3, -0.25) is 4.79 Å². The number of benzene rings is 2. The van der Waals surface area contributed by atoms with Crippen LogP contribution in [0.1, 0.15) is 16.7 Å². The smallest absolute Gasteiger partial charge is 0.252 e. The lowest BCUT2D eigenvalue weighted by Crippen LogP contribution is -2.14. The number of carbonyl (C=O) groups excluding carboxylic acids is 1. The van der Waals surface area contributed by atoms with Crippen molar-refractivity contribution in [1.82, 2.24) is 4.57 Å². The van der Waals surface area contributed by atoms with Crippen LogP contribution in [0, 0.1) is 13.8 Å². The Morgan fingerprint density at radius 3 is 2.50 bits per heavy atom. The van der Waals surface area contributed by atoms with Gasteiger partial charge in [-0.25, -0.2) is 0 Å². The second-order valence-corrected chi connectivity index (χ2v) is 7.18. The van der Waals surface area contributed by atoms with E-state index in [0.29, 0.717) is 10.6 Å². The maximum atomic E-state index is 12.6. The third-order valence-corrected chi connectivity index (χ3v) is 5.59. The van der Waals surface area contributed by atoms with Gasteiger partial charge in [0.1, 0.15) is 17.0 Å². The normalized spacial score (nSPS) is 11.8. The van der Waals surface area contributed by atoms with E-state index >= 15 is 0 Å². The van der Waals surface area contributed by atoms with Crippen molar-refractivity contribution in [3.63, 3.8) is 0 Å². The van der Waals surface area contributed by atoms with Gasteiger partial charge in [0.25, 0.3) is 5.91 Å². The number of hydrogen-bond donors (Lipinski definition) is 0. The maximum Gasteiger partial charge on any atom is 0.252 e. The van der Waals surface area contributed by atoms with Crippen LogP contribution in [0.5, 0.6) is 11.5 Å². The fourth-order valence-corrected chi connectivity index (χ4v) is 4.09. The van der Waals surface area contributed by atoms with Crippen molar-refractivity contribution >= 4 is 27.5 Å². The molecule has 0 spiro atoms. The van der Waals surface area contributed by atoms with Crippen molar-refractivity contribution < 1.29 is 14.3 Å². The minimum atomic E-state index is -0.201. The first-order chi connectivity index (χ1) is 12.4. The van der Waals surface area contributed by atoms with Gasteiger partial charge in [0, 0.05) is 12.6 Å². The molecule has 3 aromatic rings. The Morgan fingerprint density at radius 2 is 1.81 bits per heavy atom. The van der Waals surface area contributed by atoms with Gasteiger partial charge in [-0.1, -0.05) is 35.1 Å². The molecule has 1 aromatic heterocycles. The standard InChI is InChI=1S/C20H22N2O3S/c1-12-6-8-15(24-4)14(10-12)11-17(23)21-20-22(3)18-16(25-5)9-7-13(2)19(18)26-20/h6-10H,11H2,1-5H3. The van der Waals surface area contributed by atoms with Crippen molar-refractivity contribution in [2.45, 2.75) is 20.3 Å². The summed E-state index contributed by atoms with van der Waals surface area (Å²) < 4.78 is 13.8.